The first-order valence-corrected chi connectivity index (χ1v) is 4.55. The van der Waals surface area contributed by atoms with Crippen molar-refractivity contribution in [2.45, 2.75) is 0 Å². The fourth-order valence-corrected chi connectivity index (χ4v) is 1.39. The van der Waals surface area contributed by atoms with Gasteiger partial charge >= 0.3 is 5.97 Å². The minimum absolute atomic E-state index is 0.390. The Morgan fingerprint density at radius 2 is 2.15 bits per heavy atom. The van der Waals surface area contributed by atoms with E-state index in [2.05, 4.69) is 9.72 Å². The first-order chi connectivity index (χ1) is 6.17. The summed E-state index contributed by atoms with van der Waals surface area (Å²) >= 11 is 2.01. The number of pyridine rings is 1. The van der Waals surface area contributed by atoms with E-state index < -0.39 is 5.97 Å². The third-order valence-corrected chi connectivity index (χ3v) is 1.95. The maximum Gasteiger partial charge on any atom is 0.338 e. The molecule has 0 aromatic carbocycles. The summed E-state index contributed by atoms with van der Waals surface area (Å²) in [6, 6.07) is 3.17. The number of carbonyl (C=O) groups is 1. The zero-order valence-corrected chi connectivity index (χ0v) is 9.36. The van der Waals surface area contributed by atoms with Crippen LogP contribution in [0.3, 0.4) is 0 Å². The quantitative estimate of drug-likeness (QED) is 0.471. The van der Waals surface area contributed by atoms with Gasteiger partial charge in [0.15, 0.2) is 0 Å². The molecule has 0 atom stereocenters. The van der Waals surface area contributed by atoms with Crippen LogP contribution < -0.4 is 4.74 Å². The summed E-state index contributed by atoms with van der Waals surface area (Å²) in [6.07, 6.45) is 0. The van der Waals surface area contributed by atoms with Crippen molar-refractivity contribution in [3.8, 4) is 5.88 Å². The van der Waals surface area contributed by atoms with Gasteiger partial charge in [0.1, 0.15) is 3.70 Å². The Bertz CT molecular complexity index is 327. The van der Waals surface area contributed by atoms with Crippen molar-refractivity contribution in [2.75, 3.05) is 14.2 Å². The van der Waals surface area contributed by atoms with Crippen molar-refractivity contribution in [3.05, 3.63) is 21.4 Å². The molecule has 0 spiro atoms. The highest BCUT2D eigenvalue weighted by atomic mass is 127. The molecular weight excluding hydrogens is 285 g/mol. The zero-order chi connectivity index (χ0) is 9.84. The highest BCUT2D eigenvalue weighted by Gasteiger charge is 2.08. The molecule has 1 heterocycles. The normalized spacial score (nSPS) is 9.46. The second-order valence-corrected chi connectivity index (χ2v) is 3.32. The van der Waals surface area contributed by atoms with E-state index in [-0.39, 0.29) is 0 Å². The van der Waals surface area contributed by atoms with Crippen LogP contribution in [0.1, 0.15) is 10.4 Å². The van der Waals surface area contributed by atoms with E-state index in [4.69, 9.17) is 4.74 Å². The number of halogens is 1. The first-order valence-electron chi connectivity index (χ1n) is 3.47. The summed E-state index contributed by atoms with van der Waals surface area (Å²) in [7, 11) is 2.83. The minimum Gasteiger partial charge on any atom is -0.481 e. The average Bonchev–Trinajstić information content (AvgIpc) is 2.15. The lowest BCUT2D eigenvalue weighted by Gasteiger charge is -2.02. The molecule has 1 aromatic rings. The van der Waals surface area contributed by atoms with E-state index in [1.807, 2.05) is 22.6 Å². The molecule has 13 heavy (non-hydrogen) atoms. The van der Waals surface area contributed by atoms with Gasteiger partial charge < -0.3 is 9.47 Å². The van der Waals surface area contributed by atoms with Crippen LogP contribution >= 0.6 is 22.6 Å². The molecule has 0 radical (unpaired) electrons. The molecule has 1 aromatic heterocycles. The Kier molecular flexibility index (Phi) is 3.47. The number of nitrogens with zero attached hydrogens (tertiary/aromatic N) is 1. The van der Waals surface area contributed by atoms with Crippen LogP contribution in [-0.4, -0.2) is 25.2 Å². The lowest BCUT2D eigenvalue weighted by molar-refractivity contribution is 0.0600. The molecular formula is C8H8INO3. The molecule has 0 aliphatic carbocycles. The topological polar surface area (TPSA) is 48.4 Å². The van der Waals surface area contributed by atoms with Gasteiger partial charge in [0, 0.05) is 6.07 Å². The minimum atomic E-state index is -0.390. The summed E-state index contributed by atoms with van der Waals surface area (Å²) in [5.74, 6) is 0.0194. The Morgan fingerprint density at radius 3 is 2.69 bits per heavy atom. The number of carbonyl (C=O) groups excluding carboxylic acids is 1. The summed E-state index contributed by atoms with van der Waals surface area (Å²) in [4.78, 5) is 15.2. The van der Waals surface area contributed by atoms with Crippen molar-refractivity contribution in [2.24, 2.45) is 0 Å². The molecule has 0 aliphatic rings. The fraction of sp³-hybridized carbons (Fsp3) is 0.250. The SMILES string of the molecule is COC(=O)c1cc(I)nc(OC)c1. The maximum atomic E-state index is 11.1. The molecule has 0 amide bonds. The standard InChI is InChI=1S/C8H8INO3/c1-12-7-4-5(8(11)13-2)3-6(9)10-7/h3-4H,1-2H3. The van der Waals surface area contributed by atoms with Gasteiger partial charge in [-0.3, -0.25) is 0 Å². The monoisotopic (exact) mass is 293 g/mol. The number of esters is 1. The van der Waals surface area contributed by atoms with E-state index in [1.165, 1.54) is 20.3 Å². The third-order valence-electron chi connectivity index (χ3n) is 1.40. The smallest absolute Gasteiger partial charge is 0.338 e. The molecule has 1 rings (SSSR count). The van der Waals surface area contributed by atoms with E-state index in [9.17, 15) is 4.79 Å². The Morgan fingerprint density at radius 1 is 1.46 bits per heavy atom. The van der Waals surface area contributed by atoms with Crippen molar-refractivity contribution in [1.82, 2.24) is 4.98 Å². The van der Waals surface area contributed by atoms with Crippen LogP contribution in [0.15, 0.2) is 12.1 Å². The van der Waals surface area contributed by atoms with Crippen LogP contribution in [0.5, 0.6) is 5.88 Å². The predicted molar refractivity (Wildman–Crippen MR) is 54.8 cm³/mol. The summed E-state index contributed by atoms with van der Waals surface area (Å²) in [5.41, 5.74) is 0.443. The molecule has 70 valence electrons. The fourth-order valence-electron chi connectivity index (χ4n) is 0.813. The lowest BCUT2D eigenvalue weighted by atomic mass is 10.3. The molecule has 0 N–H and O–H groups in total. The predicted octanol–water partition coefficient (Wildman–Crippen LogP) is 1.48. The number of hydrogen-bond donors (Lipinski definition) is 0. The number of aromatic nitrogens is 1. The highest BCUT2D eigenvalue weighted by molar-refractivity contribution is 14.1. The number of rotatable bonds is 2. The van der Waals surface area contributed by atoms with Crippen molar-refractivity contribution in [1.29, 1.82) is 0 Å². The summed E-state index contributed by atoms with van der Waals surface area (Å²) < 4.78 is 10.2. The van der Waals surface area contributed by atoms with Crippen molar-refractivity contribution < 1.29 is 14.3 Å². The molecule has 0 bridgehead atoms. The lowest BCUT2D eigenvalue weighted by Crippen LogP contribution is -2.03. The zero-order valence-electron chi connectivity index (χ0n) is 7.20. The highest BCUT2D eigenvalue weighted by Crippen LogP contribution is 2.14. The van der Waals surface area contributed by atoms with E-state index in [0.29, 0.717) is 15.1 Å². The second kappa shape index (κ2) is 4.40. The molecule has 0 saturated heterocycles. The number of ether oxygens (including phenoxy) is 2. The second-order valence-electron chi connectivity index (χ2n) is 2.21. The first kappa shape index (κ1) is 10.2. The van der Waals surface area contributed by atoms with Gasteiger partial charge in [-0.05, 0) is 28.7 Å². The van der Waals surface area contributed by atoms with E-state index >= 15 is 0 Å². The summed E-state index contributed by atoms with van der Waals surface area (Å²) in [6.45, 7) is 0. The van der Waals surface area contributed by atoms with E-state index in [1.54, 1.807) is 6.07 Å². The number of methoxy groups -OCH3 is 2. The molecule has 4 nitrogen and oxygen atoms in total. The van der Waals surface area contributed by atoms with Crippen molar-refractivity contribution >= 4 is 28.6 Å². The molecule has 0 saturated carbocycles. The molecule has 5 heteroatoms. The Hall–Kier alpha value is -0.850. The van der Waals surface area contributed by atoms with Crippen molar-refractivity contribution in [3.63, 3.8) is 0 Å². The average molecular weight is 293 g/mol. The third kappa shape index (κ3) is 2.55. The number of hydrogen-bond acceptors (Lipinski definition) is 4. The van der Waals surface area contributed by atoms with Gasteiger partial charge in [-0.2, -0.15) is 0 Å². The van der Waals surface area contributed by atoms with Crippen LogP contribution in [0.25, 0.3) is 0 Å². The van der Waals surface area contributed by atoms with Crippen LogP contribution in [0.4, 0.5) is 0 Å². The Labute approximate surface area is 89.4 Å². The summed E-state index contributed by atoms with van der Waals surface area (Å²) in [5, 5.41) is 0. The van der Waals surface area contributed by atoms with Crippen LogP contribution in [-0.2, 0) is 4.74 Å². The van der Waals surface area contributed by atoms with Gasteiger partial charge in [0.25, 0.3) is 0 Å². The van der Waals surface area contributed by atoms with Crippen LogP contribution in [0.2, 0.25) is 0 Å². The van der Waals surface area contributed by atoms with Crippen LogP contribution in [0, 0.1) is 3.70 Å². The van der Waals surface area contributed by atoms with Gasteiger partial charge in [-0.15, -0.1) is 0 Å². The Balaban J connectivity index is 3.08. The molecule has 0 fully saturated rings. The largest absolute Gasteiger partial charge is 0.481 e. The molecule has 0 unspecified atom stereocenters. The maximum absolute atomic E-state index is 11.1. The molecule has 0 aliphatic heterocycles. The van der Waals surface area contributed by atoms with Gasteiger partial charge in [0.2, 0.25) is 5.88 Å². The van der Waals surface area contributed by atoms with Gasteiger partial charge in [0.05, 0.1) is 19.8 Å². The van der Waals surface area contributed by atoms with Gasteiger partial charge in [-0.25, -0.2) is 9.78 Å². The van der Waals surface area contributed by atoms with E-state index in [0.717, 1.165) is 0 Å². The van der Waals surface area contributed by atoms with Gasteiger partial charge in [-0.1, -0.05) is 0 Å².